The highest BCUT2D eigenvalue weighted by Crippen LogP contribution is 2.17. The Morgan fingerprint density at radius 2 is 2.38 bits per heavy atom. The maximum Gasteiger partial charge on any atom is 0.239 e. The van der Waals surface area contributed by atoms with Crippen LogP contribution in [0, 0.1) is 0 Å². The molecule has 0 radical (unpaired) electrons. The van der Waals surface area contributed by atoms with Crippen LogP contribution in [0.5, 0.6) is 0 Å². The number of hydrogen-bond acceptors (Lipinski definition) is 3. The molecule has 1 heterocycles. The highest BCUT2D eigenvalue weighted by atomic mass is 35.5. The minimum atomic E-state index is -0.0126. The zero-order valence-electron chi connectivity index (χ0n) is 9.53. The van der Waals surface area contributed by atoms with E-state index in [-0.39, 0.29) is 5.91 Å². The van der Waals surface area contributed by atoms with E-state index < -0.39 is 0 Å². The van der Waals surface area contributed by atoms with E-state index in [0.29, 0.717) is 11.7 Å². The van der Waals surface area contributed by atoms with Crippen molar-refractivity contribution in [2.45, 2.75) is 13.3 Å². The SMILES string of the molecule is CCCN(CC(=O)NC)c1ccnc(Cl)c1. The molecule has 0 aromatic carbocycles. The standard InChI is InChI=1S/C11H16ClN3O/c1-3-6-15(8-11(16)13-2)9-4-5-14-10(12)7-9/h4-5,7H,3,6,8H2,1-2H3,(H,13,16). The normalized spacial score (nSPS) is 9.94. The van der Waals surface area contributed by atoms with E-state index in [0.717, 1.165) is 18.7 Å². The van der Waals surface area contributed by atoms with Gasteiger partial charge in [0, 0.05) is 25.5 Å². The number of nitrogens with zero attached hydrogens (tertiary/aromatic N) is 2. The Labute approximate surface area is 101 Å². The van der Waals surface area contributed by atoms with E-state index in [1.807, 2.05) is 11.0 Å². The number of pyridine rings is 1. The lowest BCUT2D eigenvalue weighted by molar-refractivity contribution is -0.119. The van der Waals surface area contributed by atoms with E-state index >= 15 is 0 Å². The van der Waals surface area contributed by atoms with Gasteiger partial charge >= 0.3 is 0 Å². The van der Waals surface area contributed by atoms with Crippen molar-refractivity contribution in [3.05, 3.63) is 23.5 Å². The van der Waals surface area contributed by atoms with Crippen LogP contribution >= 0.6 is 11.6 Å². The van der Waals surface area contributed by atoms with Gasteiger partial charge in [0.1, 0.15) is 5.15 Å². The summed E-state index contributed by atoms with van der Waals surface area (Å²) < 4.78 is 0. The largest absolute Gasteiger partial charge is 0.362 e. The average Bonchev–Trinajstić information content (AvgIpc) is 2.28. The summed E-state index contributed by atoms with van der Waals surface area (Å²) in [4.78, 5) is 17.3. The second-order valence-corrected chi connectivity index (χ2v) is 3.82. The molecule has 0 bridgehead atoms. The second kappa shape index (κ2) is 6.33. The number of nitrogens with one attached hydrogen (secondary N) is 1. The Kier molecular flexibility index (Phi) is 5.05. The molecule has 88 valence electrons. The van der Waals surface area contributed by atoms with Crippen molar-refractivity contribution in [3.63, 3.8) is 0 Å². The van der Waals surface area contributed by atoms with Crippen LogP contribution in [-0.4, -0.2) is 31.0 Å². The molecule has 0 atom stereocenters. The molecule has 0 unspecified atom stereocenters. The monoisotopic (exact) mass is 241 g/mol. The van der Waals surface area contributed by atoms with Gasteiger partial charge in [0.2, 0.25) is 5.91 Å². The van der Waals surface area contributed by atoms with Gasteiger partial charge in [-0.15, -0.1) is 0 Å². The first-order valence-corrected chi connectivity index (χ1v) is 5.62. The summed E-state index contributed by atoms with van der Waals surface area (Å²) in [5.74, 6) is -0.0126. The summed E-state index contributed by atoms with van der Waals surface area (Å²) in [6.07, 6.45) is 2.61. The molecule has 1 N–H and O–H groups in total. The van der Waals surface area contributed by atoms with Crippen LogP contribution in [0.2, 0.25) is 5.15 Å². The third-order valence-electron chi connectivity index (χ3n) is 2.18. The van der Waals surface area contributed by atoms with Gasteiger partial charge in [-0.25, -0.2) is 4.98 Å². The molecule has 0 saturated carbocycles. The molecule has 16 heavy (non-hydrogen) atoms. The van der Waals surface area contributed by atoms with Gasteiger partial charge in [-0.3, -0.25) is 4.79 Å². The summed E-state index contributed by atoms with van der Waals surface area (Å²) >= 11 is 5.82. The molecule has 0 fully saturated rings. The Morgan fingerprint density at radius 1 is 1.62 bits per heavy atom. The molecule has 0 spiro atoms. The Hall–Kier alpha value is -1.29. The quantitative estimate of drug-likeness (QED) is 0.799. The maximum absolute atomic E-state index is 11.4. The number of amides is 1. The number of aromatic nitrogens is 1. The zero-order valence-corrected chi connectivity index (χ0v) is 10.3. The topological polar surface area (TPSA) is 45.2 Å². The van der Waals surface area contributed by atoms with Crippen LogP contribution in [-0.2, 0) is 4.79 Å². The van der Waals surface area contributed by atoms with E-state index in [9.17, 15) is 4.79 Å². The summed E-state index contributed by atoms with van der Waals surface area (Å²) in [7, 11) is 1.63. The predicted octanol–water partition coefficient (Wildman–Crippen LogP) is 1.70. The minimum absolute atomic E-state index is 0.0126. The highest BCUT2D eigenvalue weighted by molar-refractivity contribution is 6.29. The smallest absolute Gasteiger partial charge is 0.239 e. The molecule has 0 aliphatic rings. The summed E-state index contributed by atoms with van der Waals surface area (Å²) in [6.45, 7) is 3.22. The van der Waals surface area contributed by atoms with E-state index in [4.69, 9.17) is 11.6 Å². The van der Waals surface area contributed by atoms with Crippen molar-refractivity contribution in [1.82, 2.24) is 10.3 Å². The summed E-state index contributed by atoms with van der Waals surface area (Å²) in [5, 5.41) is 3.05. The first kappa shape index (κ1) is 12.8. The van der Waals surface area contributed by atoms with Crippen LogP contribution in [0.4, 0.5) is 5.69 Å². The summed E-state index contributed by atoms with van der Waals surface area (Å²) in [5.41, 5.74) is 0.922. The number of carbonyl (C=O) groups is 1. The van der Waals surface area contributed by atoms with Crippen LogP contribution in [0.1, 0.15) is 13.3 Å². The first-order valence-electron chi connectivity index (χ1n) is 5.24. The fraction of sp³-hybridized carbons (Fsp3) is 0.455. The van der Waals surface area contributed by atoms with Crippen molar-refractivity contribution in [1.29, 1.82) is 0 Å². The molecule has 4 nitrogen and oxygen atoms in total. The molecular formula is C11H16ClN3O. The third-order valence-corrected chi connectivity index (χ3v) is 2.39. The van der Waals surface area contributed by atoms with Crippen molar-refractivity contribution in [3.8, 4) is 0 Å². The molecule has 0 saturated heterocycles. The number of rotatable bonds is 5. The van der Waals surface area contributed by atoms with Gasteiger partial charge in [-0.1, -0.05) is 18.5 Å². The predicted molar refractivity (Wildman–Crippen MR) is 65.8 cm³/mol. The molecule has 1 aromatic rings. The second-order valence-electron chi connectivity index (χ2n) is 3.43. The molecular weight excluding hydrogens is 226 g/mol. The van der Waals surface area contributed by atoms with Gasteiger partial charge < -0.3 is 10.2 Å². The number of hydrogen-bond donors (Lipinski definition) is 1. The van der Waals surface area contributed by atoms with E-state index in [2.05, 4.69) is 17.2 Å². The molecule has 1 amide bonds. The zero-order chi connectivity index (χ0) is 12.0. The van der Waals surface area contributed by atoms with Gasteiger partial charge in [0.25, 0.3) is 0 Å². The number of carbonyl (C=O) groups excluding carboxylic acids is 1. The van der Waals surface area contributed by atoms with Crippen molar-refractivity contribution in [2.24, 2.45) is 0 Å². The lowest BCUT2D eigenvalue weighted by Crippen LogP contribution is -2.36. The van der Waals surface area contributed by atoms with Crippen LogP contribution in [0.25, 0.3) is 0 Å². The molecule has 1 aromatic heterocycles. The molecule has 5 heteroatoms. The lowest BCUT2D eigenvalue weighted by Gasteiger charge is -2.23. The Morgan fingerprint density at radius 3 is 2.94 bits per heavy atom. The number of anilines is 1. The van der Waals surface area contributed by atoms with Gasteiger partial charge in [-0.2, -0.15) is 0 Å². The average molecular weight is 242 g/mol. The van der Waals surface area contributed by atoms with Gasteiger partial charge in [-0.05, 0) is 18.6 Å². The molecule has 0 aliphatic heterocycles. The molecule has 1 rings (SSSR count). The van der Waals surface area contributed by atoms with Crippen LogP contribution in [0.3, 0.4) is 0 Å². The van der Waals surface area contributed by atoms with E-state index in [1.165, 1.54) is 0 Å². The number of halogens is 1. The maximum atomic E-state index is 11.4. The first-order chi connectivity index (χ1) is 7.67. The van der Waals surface area contributed by atoms with Crippen molar-refractivity contribution in [2.75, 3.05) is 25.0 Å². The van der Waals surface area contributed by atoms with Crippen LogP contribution < -0.4 is 10.2 Å². The lowest BCUT2D eigenvalue weighted by atomic mass is 10.3. The summed E-state index contributed by atoms with van der Waals surface area (Å²) in [6, 6.07) is 3.62. The fourth-order valence-corrected chi connectivity index (χ4v) is 1.58. The third kappa shape index (κ3) is 3.70. The van der Waals surface area contributed by atoms with E-state index in [1.54, 1.807) is 19.3 Å². The Bertz CT molecular complexity index is 357. The number of likely N-dealkylation sites (N-methyl/N-ethyl adjacent to an activating group) is 1. The van der Waals surface area contributed by atoms with Gasteiger partial charge in [0.15, 0.2) is 0 Å². The van der Waals surface area contributed by atoms with Gasteiger partial charge in [0.05, 0.1) is 6.54 Å². The minimum Gasteiger partial charge on any atom is -0.362 e. The fourth-order valence-electron chi connectivity index (χ4n) is 1.41. The van der Waals surface area contributed by atoms with Crippen molar-refractivity contribution >= 4 is 23.2 Å². The molecule has 0 aliphatic carbocycles. The van der Waals surface area contributed by atoms with Crippen molar-refractivity contribution < 1.29 is 4.79 Å². The highest BCUT2D eigenvalue weighted by Gasteiger charge is 2.10. The Balaban J connectivity index is 2.80. The van der Waals surface area contributed by atoms with Crippen LogP contribution in [0.15, 0.2) is 18.3 Å².